The molecule has 1 atom stereocenters. The highest BCUT2D eigenvalue weighted by molar-refractivity contribution is 7.92. The molecule has 0 bridgehead atoms. The fourth-order valence-electron chi connectivity index (χ4n) is 4.64. The average molecular weight is 500 g/mol. The van der Waals surface area contributed by atoms with E-state index in [0.717, 1.165) is 58.5 Å². The zero-order chi connectivity index (χ0) is 25.8. The molecule has 1 fully saturated rings. The minimum Gasteiger partial charge on any atom is -0.352 e. The van der Waals surface area contributed by atoms with Gasteiger partial charge in [-0.25, -0.2) is 8.42 Å². The number of amides is 2. The Hall–Kier alpha value is -2.87. The van der Waals surface area contributed by atoms with E-state index in [2.05, 4.69) is 5.32 Å². The van der Waals surface area contributed by atoms with Gasteiger partial charge in [-0.15, -0.1) is 0 Å². The number of hydrogen-bond donors (Lipinski definition) is 1. The highest BCUT2D eigenvalue weighted by Gasteiger charge is 2.32. The molecule has 35 heavy (non-hydrogen) atoms. The van der Waals surface area contributed by atoms with E-state index in [9.17, 15) is 18.0 Å². The van der Waals surface area contributed by atoms with Crippen molar-refractivity contribution in [2.45, 2.75) is 72.0 Å². The SMILES string of the molecule is Cc1ccc(CN(C(=O)CN(c2c(C)cccc2C)S(C)(=O)=O)[C@H](C)C(=O)NC2CCCC2)cc1. The van der Waals surface area contributed by atoms with E-state index in [1.165, 1.54) is 4.90 Å². The zero-order valence-corrected chi connectivity index (χ0v) is 22.2. The Bertz CT molecular complexity index is 1140. The second kappa shape index (κ2) is 11.2. The van der Waals surface area contributed by atoms with Crippen molar-refractivity contribution in [1.82, 2.24) is 10.2 Å². The summed E-state index contributed by atoms with van der Waals surface area (Å²) in [6, 6.07) is 12.7. The Kier molecular flexibility index (Phi) is 8.59. The van der Waals surface area contributed by atoms with Crippen molar-refractivity contribution >= 4 is 27.5 Å². The standard InChI is InChI=1S/C27H37N3O4S/c1-19-13-15-23(16-14-19)17-29(22(4)27(32)28-24-11-6-7-12-24)25(31)18-30(35(5,33)34)26-20(2)9-8-10-21(26)3/h8-10,13-16,22,24H,6-7,11-12,17-18H2,1-5H3,(H,28,32)/t22-/m1/s1. The van der Waals surface area contributed by atoms with Crippen molar-refractivity contribution in [2.24, 2.45) is 0 Å². The summed E-state index contributed by atoms with van der Waals surface area (Å²) >= 11 is 0. The van der Waals surface area contributed by atoms with Crippen LogP contribution in [-0.2, 0) is 26.2 Å². The summed E-state index contributed by atoms with van der Waals surface area (Å²) in [5.74, 6) is -0.636. The largest absolute Gasteiger partial charge is 0.352 e. The molecule has 1 N–H and O–H groups in total. The molecule has 3 rings (SSSR count). The summed E-state index contributed by atoms with van der Waals surface area (Å²) in [5.41, 5.74) is 4.00. The molecule has 1 saturated carbocycles. The lowest BCUT2D eigenvalue weighted by Crippen LogP contribution is -2.52. The monoisotopic (exact) mass is 499 g/mol. The van der Waals surface area contributed by atoms with Crippen LogP contribution in [0, 0.1) is 20.8 Å². The molecule has 0 aromatic heterocycles. The van der Waals surface area contributed by atoms with E-state index < -0.39 is 22.0 Å². The fourth-order valence-corrected chi connectivity index (χ4v) is 5.60. The Morgan fingerprint density at radius 3 is 2.11 bits per heavy atom. The molecular formula is C27H37N3O4S. The number of carbonyl (C=O) groups is 2. The Labute approximate surface area is 209 Å². The molecule has 0 unspecified atom stereocenters. The second-order valence-corrected chi connectivity index (χ2v) is 11.6. The van der Waals surface area contributed by atoms with Crippen LogP contribution in [0.1, 0.15) is 54.9 Å². The van der Waals surface area contributed by atoms with E-state index in [0.29, 0.717) is 5.69 Å². The molecule has 0 radical (unpaired) electrons. The van der Waals surface area contributed by atoms with E-state index in [1.807, 2.05) is 63.2 Å². The fraction of sp³-hybridized carbons (Fsp3) is 0.481. The number of rotatable bonds is 9. The van der Waals surface area contributed by atoms with Crippen LogP contribution < -0.4 is 9.62 Å². The molecule has 0 heterocycles. The lowest BCUT2D eigenvalue weighted by Gasteiger charge is -2.33. The number of nitrogens with zero attached hydrogens (tertiary/aromatic N) is 2. The summed E-state index contributed by atoms with van der Waals surface area (Å²) < 4.78 is 26.8. The summed E-state index contributed by atoms with van der Waals surface area (Å²) in [6.45, 7) is 7.18. The highest BCUT2D eigenvalue weighted by atomic mass is 32.2. The van der Waals surface area contributed by atoms with Gasteiger partial charge in [0.25, 0.3) is 0 Å². The number of aryl methyl sites for hydroxylation is 3. The van der Waals surface area contributed by atoms with Gasteiger partial charge >= 0.3 is 0 Å². The summed E-state index contributed by atoms with van der Waals surface area (Å²) in [5, 5.41) is 3.08. The normalized spacial score (nSPS) is 15.0. The van der Waals surface area contributed by atoms with Gasteiger partial charge in [-0.1, -0.05) is 60.9 Å². The van der Waals surface area contributed by atoms with Crippen LogP contribution in [0.15, 0.2) is 42.5 Å². The number of nitrogens with one attached hydrogen (secondary N) is 1. The minimum atomic E-state index is -3.75. The molecule has 0 spiro atoms. The predicted molar refractivity (Wildman–Crippen MR) is 140 cm³/mol. The maximum atomic E-state index is 13.7. The van der Waals surface area contributed by atoms with E-state index in [4.69, 9.17) is 0 Å². The van der Waals surface area contributed by atoms with Gasteiger partial charge in [-0.3, -0.25) is 13.9 Å². The third kappa shape index (κ3) is 6.84. The molecule has 1 aliphatic carbocycles. The summed E-state index contributed by atoms with van der Waals surface area (Å²) in [4.78, 5) is 28.3. The van der Waals surface area contributed by atoms with Gasteiger partial charge < -0.3 is 10.2 Å². The molecule has 0 aliphatic heterocycles. The topological polar surface area (TPSA) is 86.8 Å². The zero-order valence-electron chi connectivity index (χ0n) is 21.4. The van der Waals surface area contributed by atoms with Crippen LogP contribution in [0.5, 0.6) is 0 Å². The smallest absolute Gasteiger partial charge is 0.244 e. The van der Waals surface area contributed by atoms with Gasteiger partial charge in [-0.2, -0.15) is 0 Å². The molecule has 8 heteroatoms. The van der Waals surface area contributed by atoms with Crippen molar-refractivity contribution in [3.05, 3.63) is 64.7 Å². The number of hydrogen-bond acceptors (Lipinski definition) is 4. The third-order valence-electron chi connectivity index (χ3n) is 6.71. The molecule has 2 amide bonds. The van der Waals surface area contributed by atoms with Crippen LogP contribution in [0.25, 0.3) is 0 Å². The van der Waals surface area contributed by atoms with Crippen molar-refractivity contribution < 1.29 is 18.0 Å². The molecular weight excluding hydrogens is 462 g/mol. The molecule has 2 aromatic rings. The second-order valence-electron chi connectivity index (χ2n) is 9.68. The quantitative estimate of drug-likeness (QED) is 0.568. The van der Waals surface area contributed by atoms with Gasteiger partial charge in [0, 0.05) is 12.6 Å². The lowest BCUT2D eigenvalue weighted by molar-refractivity contribution is -0.139. The number of para-hydroxylation sites is 1. The number of benzene rings is 2. The molecule has 1 aliphatic rings. The first kappa shape index (κ1) is 26.7. The maximum Gasteiger partial charge on any atom is 0.244 e. The third-order valence-corrected chi connectivity index (χ3v) is 7.82. The van der Waals surface area contributed by atoms with Gasteiger partial charge in [0.1, 0.15) is 12.6 Å². The van der Waals surface area contributed by atoms with Crippen LogP contribution in [0.2, 0.25) is 0 Å². The lowest BCUT2D eigenvalue weighted by atomic mass is 10.1. The first-order valence-electron chi connectivity index (χ1n) is 12.2. The van der Waals surface area contributed by atoms with E-state index in [1.54, 1.807) is 6.92 Å². The van der Waals surface area contributed by atoms with Crippen molar-refractivity contribution in [3.63, 3.8) is 0 Å². The first-order valence-corrected chi connectivity index (χ1v) is 14.0. The van der Waals surface area contributed by atoms with Crippen molar-refractivity contribution in [3.8, 4) is 0 Å². The molecule has 2 aromatic carbocycles. The van der Waals surface area contributed by atoms with Gasteiger partial charge in [0.05, 0.1) is 11.9 Å². The van der Waals surface area contributed by atoms with Crippen LogP contribution >= 0.6 is 0 Å². The van der Waals surface area contributed by atoms with Gasteiger partial charge in [0.15, 0.2) is 0 Å². The number of carbonyl (C=O) groups excluding carboxylic acids is 2. The minimum absolute atomic E-state index is 0.128. The molecule has 0 saturated heterocycles. The van der Waals surface area contributed by atoms with Crippen LogP contribution in [0.3, 0.4) is 0 Å². The molecule has 190 valence electrons. The average Bonchev–Trinajstić information content (AvgIpc) is 3.29. The Balaban J connectivity index is 1.91. The van der Waals surface area contributed by atoms with Crippen LogP contribution in [0.4, 0.5) is 5.69 Å². The first-order chi connectivity index (χ1) is 16.5. The Morgan fingerprint density at radius 1 is 1.00 bits per heavy atom. The van der Waals surface area contributed by atoms with E-state index >= 15 is 0 Å². The summed E-state index contributed by atoms with van der Waals surface area (Å²) in [7, 11) is -3.75. The van der Waals surface area contributed by atoms with E-state index in [-0.39, 0.29) is 25.0 Å². The van der Waals surface area contributed by atoms with Crippen LogP contribution in [-0.4, -0.2) is 50.0 Å². The van der Waals surface area contributed by atoms with Gasteiger partial charge in [0.2, 0.25) is 21.8 Å². The molecule has 7 nitrogen and oxygen atoms in total. The maximum absolute atomic E-state index is 13.7. The van der Waals surface area contributed by atoms with Crippen molar-refractivity contribution in [1.29, 1.82) is 0 Å². The predicted octanol–water partition coefficient (Wildman–Crippen LogP) is 3.85. The van der Waals surface area contributed by atoms with Gasteiger partial charge in [-0.05, 0) is 57.2 Å². The highest BCUT2D eigenvalue weighted by Crippen LogP contribution is 2.27. The van der Waals surface area contributed by atoms with Crippen molar-refractivity contribution in [2.75, 3.05) is 17.1 Å². The summed E-state index contributed by atoms with van der Waals surface area (Å²) in [6.07, 6.45) is 5.17. The number of sulfonamides is 1. The number of anilines is 1. The Morgan fingerprint density at radius 2 is 1.57 bits per heavy atom.